The first-order valence-electron chi connectivity index (χ1n) is 12.7. The van der Waals surface area contributed by atoms with Crippen molar-refractivity contribution in [1.29, 1.82) is 0 Å². The number of benzene rings is 1. The highest BCUT2D eigenvalue weighted by molar-refractivity contribution is 7.89. The summed E-state index contributed by atoms with van der Waals surface area (Å²) >= 11 is 0. The Kier molecular flexibility index (Phi) is 5.91. The third-order valence-corrected chi connectivity index (χ3v) is 8.43. The molecular weight excluding hydrogens is 507 g/mol. The lowest BCUT2D eigenvalue weighted by Gasteiger charge is -2.20. The minimum Gasteiger partial charge on any atom is -0.377 e. The molecule has 4 aromatic rings. The monoisotopic (exact) mass is 536 g/mol. The minimum atomic E-state index is -3.94. The Bertz CT molecular complexity index is 1630. The van der Waals surface area contributed by atoms with Crippen molar-refractivity contribution in [2.45, 2.75) is 62.1 Å². The predicted molar refractivity (Wildman–Crippen MR) is 141 cm³/mol. The highest BCUT2D eigenvalue weighted by Gasteiger charge is 2.32. The summed E-state index contributed by atoms with van der Waals surface area (Å²) < 4.78 is 43.4. The van der Waals surface area contributed by atoms with E-state index in [1.54, 1.807) is 25.5 Å². The quantitative estimate of drug-likeness (QED) is 0.348. The van der Waals surface area contributed by atoms with Crippen molar-refractivity contribution in [3.05, 3.63) is 53.5 Å². The van der Waals surface area contributed by atoms with Crippen molar-refractivity contribution in [3.8, 4) is 11.5 Å². The van der Waals surface area contributed by atoms with E-state index in [0.29, 0.717) is 29.2 Å². The lowest BCUT2D eigenvalue weighted by Crippen LogP contribution is -2.35. The molecule has 3 heterocycles. The number of pyridine rings is 2. The van der Waals surface area contributed by atoms with Gasteiger partial charge in [0, 0.05) is 35.1 Å². The maximum absolute atomic E-state index is 14.2. The first-order valence-corrected chi connectivity index (χ1v) is 14.2. The minimum absolute atomic E-state index is 0.0437. The molecule has 10 nitrogen and oxygen atoms in total. The maximum Gasteiger partial charge on any atom is 0.241 e. The fourth-order valence-corrected chi connectivity index (χ4v) is 6.40. The molecule has 0 aliphatic heterocycles. The van der Waals surface area contributed by atoms with Crippen LogP contribution in [0.1, 0.15) is 61.9 Å². The molecule has 2 aliphatic carbocycles. The zero-order chi connectivity index (χ0) is 26.7. The lowest BCUT2D eigenvalue weighted by atomic mass is 9.99. The van der Waals surface area contributed by atoms with Gasteiger partial charge in [0.2, 0.25) is 15.8 Å². The third kappa shape index (κ3) is 4.85. The van der Waals surface area contributed by atoms with Crippen LogP contribution in [0.25, 0.3) is 22.3 Å². The van der Waals surface area contributed by atoms with Crippen molar-refractivity contribution >= 4 is 26.5 Å². The van der Waals surface area contributed by atoms with E-state index < -0.39 is 15.7 Å². The van der Waals surface area contributed by atoms with Crippen molar-refractivity contribution in [2.24, 2.45) is 7.05 Å². The lowest BCUT2D eigenvalue weighted by molar-refractivity contribution is 0.221. The van der Waals surface area contributed by atoms with E-state index in [2.05, 4.69) is 30.4 Å². The van der Waals surface area contributed by atoms with Crippen LogP contribution >= 0.6 is 0 Å². The number of hydrogen-bond donors (Lipinski definition) is 2. The average Bonchev–Trinajstić information content (AvgIpc) is 3.52. The second-order valence-corrected chi connectivity index (χ2v) is 12.4. The molecule has 0 radical (unpaired) electrons. The number of aryl methyl sites for hydroxylation is 2. The molecule has 1 unspecified atom stereocenters. The van der Waals surface area contributed by atoms with Gasteiger partial charge in [0.05, 0.1) is 29.9 Å². The summed E-state index contributed by atoms with van der Waals surface area (Å²) in [5.74, 6) is 0.815. The molecule has 12 heteroatoms. The van der Waals surface area contributed by atoms with E-state index in [1.165, 1.54) is 18.6 Å². The number of rotatable bonds is 8. The van der Waals surface area contributed by atoms with Gasteiger partial charge in [-0.2, -0.15) is 4.80 Å². The summed E-state index contributed by atoms with van der Waals surface area (Å²) in [5.41, 5.74) is 2.68. The molecule has 0 bridgehead atoms. The molecule has 2 N–H and O–H groups in total. The Labute approximate surface area is 220 Å². The van der Waals surface area contributed by atoms with Crippen LogP contribution < -0.4 is 10.0 Å². The van der Waals surface area contributed by atoms with Crippen molar-refractivity contribution in [1.82, 2.24) is 34.9 Å². The largest absolute Gasteiger partial charge is 0.377 e. The molecule has 1 atom stereocenters. The molecular formula is C26H29FN8O2S. The number of fused-ring (bicyclic) bond motifs is 3. The summed E-state index contributed by atoms with van der Waals surface area (Å²) in [6.07, 6.45) is 7.14. The molecule has 0 amide bonds. The molecule has 1 saturated carbocycles. The van der Waals surface area contributed by atoms with E-state index in [0.717, 1.165) is 47.2 Å². The van der Waals surface area contributed by atoms with Crippen molar-refractivity contribution in [2.75, 3.05) is 11.9 Å². The number of hydrogen-bond acceptors (Lipinski definition) is 8. The van der Waals surface area contributed by atoms with Gasteiger partial charge >= 0.3 is 0 Å². The van der Waals surface area contributed by atoms with Gasteiger partial charge in [-0.3, -0.25) is 9.97 Å². The smallest absolute Gasteiger partial charge is 0.241 e. The number of nitrogens with one attached hydrogen (secondary N) is 2. The fourth-order valence-electron chi connectivity index (χ4n) is 4.95. The van der Waals surface area contributed by atoms with Gasteiger partial charge in [-0.25, -0.2) is 17.5 Å². The fraction of sp³-hybridized carbons (Fsp3) is 0.423. The Morgan fingerprint density at radius 1 is 1.11 bits per heavy atom. The van der Waals surface area contributed by atoms with Crippen molar-refractivity contribution < 1.29 is 12.8 Å². The summed E-state index contributed by atoms with van der Waals surface area (Å²) in [4.78, 5) is 10.7. The summed E-state index contributed by atoms with van der Waals surface area (Å²) in [6.45, 7) is 2.41. The molecule has 3 aromatic heterocycles. The number of aromatic nitrogens is 6. The zero-order valence-electron chi connectivity index (χ0n) is 21.4. The molecule has 6 rings (SSSR count). The highest BCUT2D eigenvalue weighted by atomic mass is 32.2. The van der Waals surface area contributed by atoms with E-state index in [4.69, 9.17) is 4.98 Å². The van der Waals surface area contributed by atoms with Gasteiger partial charge in [-0.1, -0.05) is 0 Å². The molecule has 1 fully saturated rings. The second kappa shape index (κ2) is 9.05. The van der Waals surface area contributed by atoms with Crippen LogP contribution in [0.3, 0.4) is 0 Å². The first kappa shape index (κ1) is 24.8. The maximum atomic E-state index is 14.2. The first-order chi connectivity index (χ1) is 18.1. The number of halogens is 1. The van der Waals surface area contributed by atoms with Gasteiger partial charge < -0.3 is 5.32 Å². The second-order valence-electron chi connectivity index (χ2n) is 10.7. The summed E-state index contributed by atoms with van der Waals surface area (Å²) in [6, 6.07) is 7.37. The van der Waals surface area contributed by atoms with Crippen LogP contribution in [0.15, 0.2) is 41.6 Å². The van der Waals surface area contributed by atoms with Gasteiger partial charge in [0.15, 0.2) is 0 Å². The number of nitrogens with zero attached hydrogens (tertiary/aromatic N) is 6. The number of alkyl halides is 1. The molecule has 38 heavy (non-hydrogen) atoms. The van der Waals surface area contributed by atoms with Crippen LogP contribution in [0.2, 0.25) is 0 Å². The van der Waals surface area contributed by atoms with Crippen LogP contribution in [-0.2, 0) is 23.5 Å². The third-order valence-electron chi connectivity index (χ3n) is 6.99. The standard InChI is InChI=1S/C26H29FN8O2S/c1-26(2,27)14-30-38(36,37)23-10-16-6-8-20(24(16)19-13-29-22(11-18(19)23)15-4-5-15)31-17-7-9-21(28-12-17)25-32-34-35(3)33-25/h7,9-13,15,20,30-31H,4-6,8,14H2,1-3H3. The zero-order valence-corrected chi connectivity index (χ0v) is 22.3. The average molecular weight is 537 g/mol. The van der Waals surface area contributed by atoms with Gasteiger partial charge in [-0.15, -0.1) is 10.2 Å². The Morgan fingerprint density at radius 2 is 1.92 bits per heavy atom. The van der Waals surface area contributed by atoms with Gasteiger partial charge in [0.1, 0.15) is 11.4 Å². The number of tetrazole rings is 1. The highest BCUT2D eigenvalue weighted by Crippen LogP contribution is 2.44. The predicted octanol–water partition coefficient (Wildman–Crippen LogP) is 3.82. The van der Waals surface area contributed by atoms with Crippen LogP contribution in [0, 0.1) is 0 Å². The van der Waals surface area contributed by atoms with Gasteiger partial charge in [-0.05, 0) is 80.1 Å². The molecule has 198 valence electrons. The summed E-state index contributed by atoms with van der Waals surface area (Å²) in [7, 11) is -2.24. The van der Waals surface area contributed by atoms with Crippen molar-refractivity contribution in [3.63, 3.8) is 0 Å². The van der Waals surface area contributed by atoms with E-state index >= 15 is 0 Å². The van der Waals surface area contributed by atoms with Crippen LogP contribution in [0.4, 0.5) is 10.1 Å². The van der Waals surface area contributed by atoms with E-state index in [1.807, 2.05) is 18.2 Å². The Morgan fingerprint density at radius 3 is 2.58 bits per heavy atom. The SMILES string of the molecule is Cn1nnc(-c2ccc(NC3CCc4cc(S(=O)(=O)NCC(C)(C)F)c5cc(C6CC6)ncc5c43)cn2)n1. The Hall–Kier alpha value is -3.51. The molecule has 2 aliphatic rings. The Balaban J connectivity index is 1.36. The van der Waals surface area contributed by atoms with Gasteiger partial charge in [0.25, 0.3) is 0 Å². The van der Waals surface area contributed by atoms with E-state index in [-0.39, 0.29) is 17.5 Å². The van der Waals surface area contributed by atoms with Crippen LogP contribution in [0.5, 0.6) is 0 Å². The molecule has 0 spiro atoms. The number of sulfonamides is 1. The topological polar surface area (TPSA) is 128 Å². The summed E-state index contributed by atoms with van der Waals surface area (Å²) in [5, 5.41) is 17.0. The van der Waals surface area contributed by atoms with Crippen LogP contribution in [-0.4, -0.2) is 50.8 Å². The molecule has 1 aromatic carbocycles. The normalized spacial score (nSPS) is 17.6. The van der Waals surface area contributed by atoms with E-state index in [9.17, 15) is 12.8 Å². The number of anilines is 1. The molecule has 0 saturated heterocycles.